The van der Waals surface area contributed by atoms with Crippen LogP contribution in [-0.2, 0) is 0 Å². The lowest BCUT2D eigenvalue weighted by Crippen LogP contribution is -2.39. The van der Waals surface area contributed by atoms with Gasteiger partial charge in [0.15, 0.2) is 0 Å². The second-order valence-electron chi connectivity index (χ2n) is 2.60. The zero-order valence-corrected chi connectivity index (χ0v) is 6.27. The van der Waals surface area contributed by atoms with E-state index < -0.39 is 0 Å². The van der Waals surface area contributed by atoms with Gasteiger partial charge in [0.1, 0.15) is 0 Å². The maximum atomic E-state index is 9.11. The third-order valence-corrected chi connectivity index (χ3v) is 2.19. The molecule has 1 fully saturated rings. The highest BCUT2D eigenvalue weighted by atomic mass is 32.1. The van der Waals surface area contributed by atoms with Crippen LogP contribution in [-0.4, -0.2) is 30.1 Å². The molecule has 0 aromatic carbocycles. The summed E-state index contributed by atoms with van der Waals surface area (Å²) < 4.78 is 0. The first-order valence-electron chi connectivity index (χ1n) is 3.32. The summed E-state index contributed by atoms with van der Waals surface area (Å²) in [6, 6.07) is 0. The van der Waals surface area contributed by atoms with Crippen LogP contribution in [0.3, 0.4) is 0 Å². The Morgan fingerprint density at radius 1 is 1.56 bits per heavy atom. The highest BCUT2D eigenvalue weighted by Gasteiger charge is 2.17. The molecular weight excluding hydrogens is 134 g/mol. The number of thiol groups is 1. The van der Waals surface area contributed by atoms with Crippen molar-refractivity contribution < 1.29 is 5.11 Å². The van der Waals surface area contributed by atoms with Crippen LogP contribution >= 0.6 is 12.6 Å². The average molecular weight is 147 g/mol. The summed E-state index contributed by atoms with van der Waals surface area (Å²) in [5, 5.41) is 12.3. The Labute approximate surface area is 61.1 Å². The summed E-state index contributed by atoms with van der Waals surface area (Å²) in [6.07, 6.45) is 0.771. The Bertz CT molecular complexity index is 89.1. The summed E-state index contributed by atoms with van der Waals surface area (Å²) in [6.45, 7) is 1.77. The van der Waals surface area contributed by atoms with Crippen molar-refractivity contribution in [1.29, 1.82) is 0 Å². The zero-order valence-electron chi connectivity index (χ0n) is 5.38. The molecule has 0 aromatic heterocycles. The third kappa shape index (κ3) is 2.16. The molecule has 0 amide bonds. The quantitative estimate of drug-likeness (QED) is 0.452. The van der Waals surface area contributed by atoms with Crippen molar-refractivity contribution in [2.24, 2.45) is 5.92 Å². The summed E-state index contributed by atoms with van der Waals surface area (Å²) in [4.78, 5) is 0. The SMILES string of the molecule is O[C@@H]1CNC[C@H](CS)C1. The van der Waals surface area contributed by atoms with E-state index in [1.165, 1.54) is 0 Å². The molecular formula is C6H13NOS. The van der Waals surface area contributed by atoms with Crippen molar-refractivity contribution in [1.82, 2.24) is 5.32 Å². The van der Waals surface area contributed by atoms with Crippen molar-refractivity contribution in [3.63, 3.8) is 0 Å². The predicted octanol–water partition coefficient (Wildman–Crippen LogP) is -0.113. The lowest BCUT2D eigenvalue weighted by molar-refractivity contribution is 0.120. The minimum Gasteiger partial charge on any atom is -0.392 e. The minimum absolute atomic E-state index is 0.143. The fraction of sp³-hybridized carbons (Fsp3) is 1.00. The van der Waals surface area contributed by atoms with Crippen LogP contribution in [0.25, 0.3) is 0 Å². The van der Waals surface area contributed by atoms with Gasteiger partial charge in [-0.1, -0.05) is 0 Å². The third-order valence-electron chi connectivity index (χ3n) is 1.68. The van der Waals surface area contributed by atoms with Gasteiger partial charge in [-0.05, 0) is 24.6 Å². The topological polar surface area (TPSA) is 32.3 Å². The molecule has 0 aromatic rings. The van der Waals surface area contributed by atoms with Crippen LogP contribution in [0.4, 0.5) is 0 Å². The fourth-order valence-corrected chi connectivity index (χ4v) is 1.42. The van der Waals surface area contributed by atoms with E-state index in [2.05, 4.69) is 17.9 Å². The van der Waals surface area contributed by atoms with E-state index in [4.69, 9.17) is 5.11 Å². The van der Waals surface area contributed by atoms with E-state index >= 15 is 0 Å². The Balaban J connectivity index is 2.23. The van der Waals surface area contributed by atoms with Crippen LogP contribution in [0.5, 0.6) is 0 Å². The first-order chi connectivity index (χ1) is 4.33. The second-order valence-corrected chi connectivity index (χ2v) is 2.96. The van der Waals surface area contributed by atoms with E-state index in [0.29, 0.717) is 5.92 Å². The van der Waals surface area contributed by atoms with Crippen LogP contribution in [0.2, 0.25) is 0 Å². The number of aliphatic hydroxyl groups is 1. The van der Waals surface area contributed by atoms with E-state index in [1.54, 1.807) is 0 Å². The highest BCUT2D eigenvalue weighted by Crippen LogP contribution is 2.10. The van der Waals surface area contributed by atoms with Gasteiger partial charge in [-0.15, -0.1) is 0 Å². The summed E-state index contributed by atoms with van der Waals surface area (Å²) in [5.41, 5.74) is 0. The maximum absolute atomic E-state index is 9.11. The van der Waals surface area contributed by atoms with Crippen molar-refractivity contribution >= 4 is 12.6 Å². The van der Waals surface area contributed by atoms with E-state index in [9.17, 15) is 0 Å². The zero-order chi connectivity index (χ0) is 6.69. The lowest BCUT2D eigenvalue weighted by atomic mass is 10.00. The van der Waals surface area contributed by atoms with Gasteiger partial charge in [-0.2, -0.15) is 12.6 Å². The number of aliphatic hydroxyl groups excluding tert-OH is 1. The van der Waals surface area contributed by atoms with Crippen LogP contribution in [0.1, 0.15) is 6.42 Å². The highest BCUT2D eigenvalue weighted by molar-refractivity contribution is 7.80. The van der Waals surface area contributed by atoms with Gasteiger partial charge in [0, 0.05) is 6.54 Å². The van der Waals surface area contributed by atoms with E-state index in [-0.39, 0.29) is 6.10 Å². The first kappa shape index (κ1) is 7.38. The minimum atomic E-state index is -0.143. The second kappa shape index (κ2) is 3.44. The first-order valence-corrected chi connectivity index (χ1v) is 3.96. The van der Waals surface area contributed by atoms with E-state index in [0.717, 1.165) is 25.3 Å². The van der Waals surface area contributed by atoms with Crippen LogP contribution in [0, 0.1) is 5.92 Å². The number of β-amino-alcohol motifs (C(OH)–C–C–N with tert-alkyl or cyclic N) is 1. The van der Waals surface area contributed by atoms with Crippen molar-refractivity contribution in [3.8, 4) is 0 Å². The molecule has 2 atom stereocenters. The van der Waals surface area contributed by atoms with Crippen LogP contribution in [0.15, 0.2) is 0 Å². The molecule has 0 unspecified atom stereocenters. The Kier molecular flexibility index (Phi) is 2.82. The predicted molar refractivity (Wildman–Crippen MR) is 40.8 cm³/mol. The molecule has 1 rings (SSSR count). The molecule has 2 N–H and O–H groups in total. The van der Waals surface area contributed by atoms with Gasteiger partial charge in [0.2, 0.25) is 0 Å². The van der Waals surface area contributed by atoms with Crippen molar-refractivity contribution in [2.45, 2.75) is 12.5 Å². The van der Waals surface area contributed by atoms with Gasteiger partial charge < -0.3 is 10.4 Å². The molecule has 0 spiro atoms. The average Bonchev–Trinajstić information content (AvgIpc) is 1.88. The molecule has 9 heavy (non-hydrogen) atoms. The number of hydrogen-bond acceptors (Lipinski definition) is 3. The molecule has 1 heterocycles. The molecule has 0 aliphatic carbocycles. The molecule has 1 aliphatic rings. The molecule has 0 saturated carbocycles. The monoisotopic (exact) mass is 147 g/mol. The Morgan fingerprint density at radius 2 is 2.33 bits per heavy atom. The molecule has 1 saturated heterocycles. The number of rotatable bonds is 1. The number of hydrogen-bond donors (Lipinski definition) is 3. The smallest absolute Gasteiger partial charge is 0.0668 e. The molecule has 0 bridgehead atoms. The summed E-state index contributed by atoms with van der Waals surface area (Å²) in [7, 11) is 0. The summed E-state index contributed by atoms with van der Waals surface area (Å²) in [5.74, 6) is 1.45. The molecule has 54 valence electrons. The van der Waals surface area contributed by atoms with Crippen molar-refractivity contribution in [3.05, 3.63) is 0 Å². The standard InChI is InChI=1S/C6H13NOS/c8-6-1-5(4-9)2-7-3-6/h5-9H,1-4H2/t5-,6+/m1/s1. The largest absolute Gasteiger partial charge is 0.392 e. The molecule has 2 nitrogen and oxygen atoms in total. The molecule has 3 heteroatoms. The van der Waals surface area contributed by atoms with Crippen molar-refractivity contribution in [2.75, 3.05) is 18.8 Å². The lowest BCUT2D eigenvalue weighted by Gasteiger charge is -2.25. The van der Waals surface area contributed by atoms with Gasteiger partial charge in [-0.3, -0.25) is 0 Å². The maximum Gasteiger partial charge on any atom is 0.0668 e. The summed E-state index contributed by atoms with van der Waals surface area (Å²) >= 11 is 4.15. The van der Waals surface area contributed by atoms with Gasteiger partial charge in [-0.25, -0.2) is 0 Å². The van der Waals surface area contributed by atoms with Crippen LogP contribution < -0.4 is 5.32 Å². The van der Waals surface area contributed by atoms with Gasteiger partial charge in [0.05, 0.1) is 6.10 Å². The van der Waals surface area contributed by atoms with Gasteiger partial charge in [0.25, 0.3) is 0 Å². The van der Waals surface area contributed by atoms with E-state index in [1.807, 2.05) is 0 Å². The molecule has 1 aliphatic heterocycles. The number of nitrogens with one attached hydrogen (secondary N) is 1. The fourth-order valence-electron chi connectivity index (χ4n) is 1.14. The Hall–Kier alpha value is 0.270. The number of piperidine rings is 1. The normalized spacial score (nSPS) is 36.7. The Morgan fingerprint density at radius 3 is 2.78 bits per heavy atom. The van der Waals surface area contributed by atoms with Gasteiger partial charge >= 0.3 is 0 Å². The molecule has 0 radical (unpaired) electrons.